The van der Waals surface area contributed by atoms with Crippen LogP contribution in [0.2, 0.25) is 0 Å². The molecule has 3 aromatic heterocycles. The number of carbonyl (C=O) groups is 1. The lowest BCUT2D eigenvalue weighted by Gasteiger charge is -2.03. The van der Waals surface area contributed by atoms with Crippen LogP contribution in [0.5, 0.6) is 0 Å². The molecule has 0 radical (unpaired) electrons. The maximum atomic E-state index is 11.5. The number of nitrogens with zero attached hydrogens (tertiary/aromatic N) is 4. The van der Waals surface area contributed by atoms with E-state index in [1.54, 1.807) is 18.6 Å². The van der Waals surface area contributed by atoms with Gasteiger partial charge in [0.25, 0.3) is 5.91 Å². The van der Waals surface area contributed by atoms with Crippen LogP contribution in [-0.2, 0) is 13.6 Å². The first-order chi connectivity index (χ1) is 8.63. The highest BCUT2D eigenvalue weighted by Crippen LogP contribution is 2.25. The molecule has 0 saturated heterocycles. The second kappa shape index (κ2) is 3.56. The van der Waals surface area contributed by atoms with Crippen molar-refractivity contribution in [2.24, 2.45) is 12.8 Å². The number of rotatable bonds is 2. The average Bonchev–Trinajstić information content (AvgIpc) is 2.89. The van der Waals surface area contributed by atoms with E-state index >= 15 is 0 Å². The Kier molecular flexibility index (Phi) is 2.13. The van der Waals surface area contributed by atoms with Gasteiger partial charge < -0.3 is 14.9 Å². The van der Waals surface area contributed by atoms with E-state index in [2.05, 4.69) is 9.97 Å². The predicted molar refractivity (Wildman–Crippen MR) is 68.2 cm³/mol. The zero-order valence-corrected chi connectivity index (χ0v) is 10.2. The van der Waals surface area contributed by atoms with Gasteiger partial charge in [0, 0.05) is 19.0 Å². The minimum atomic E-state index is -0.440. The zero-order valence-electron chi connectivity index (χ0n) is 10.2. The third kappa shape index (κ3) is 1.25. The van der Waals surface area contributed by atoms with Gasteiger partial charge in [-0.2, -0.15) is 0 Å². The van der Waals surface area contributed by atoms with Crippen LogP contribution in [0.25, 0.3) is 22.1 Å². The molecule has 0 aliphatic carbocycles. The maximum absolute atomic E-state index is 11.5. The third-order valence-corrected chi connectivity index (χ3v) is 3.17. The minimum Gasteiger partial charge on any atom is -0.364 e. The number of carbonyl (C=O) groups excluding carboxylic acids is 1. The van der Waals surface area contributed by atoms with Crippen LogP contribution in [0.4, 0.5) is 0 Å². The highest BCUT2D eigenvalue weighted by molar-refractivity contribution is 6.06. The van der Waals surface area contributed by atoms with Gasteiger partial charge in [0.05, 0.1) is 18.0 Å². The molecule has 0 bridgehead atoms. The van der Waals surface area contributed by atoms with Crippen molar-refractivity contribution in [3.8, 4) is 0 Å². The summed E-state index contributed by atoms with van der Waals surface area (Å²) in [5, 5.41) is 0.906. The van der Waals surface area contributed by atoms with Crippen LogP contribution < -0.4 is 5.73 Å². The van der Waals surface area contributed by atoms with E-state index in [0.717, 1.165) is 22.1 Å². The molecule has 0 atom stereocenters. The maximum Gasteiger partial charge on any atom is 0.265 e. The first-order valence-electron chi connectivity index (χ1n) is 5.72. The van der Waals surface area contributed by atoms with Gasteiger partial charge in [-0.15, -0.1) is 0 Å². The first-order valence-corrected chi connectivity index (χ1v) is 5.72. The Hall–Kier alpha value is -2.37. The lowest BCUT2D eigenvalue weighted by atomic mass is 10.3. The molecule has 92 valence electrons. The minimum absolute atomic E-state index is 0.440. The number of nitrogens with two attached hydrogens (primary N) is 1. The number of aryl methyl sites for hydroxylation is 2. The Balaban J connectivity index is 2.52. The Bertz CT molecular complexity index is 768. The molecule has 0 aromatic carbocycles. The molecule has 0 saturated carbocycles. The zero-order chi connectivity index (χ0) is 12.9. The molecule has 6 heteroatoms. The Morgan fingerprint density at radius 1 is 1.44 bits per heavy atom. The topological polar surface area (TPSA) is 78.7 Å². The van der Waals surface area contributed by atoms with Crippen LogP contribution >= 0.6 is 0 Å². The highest BCUT2D eigenvalue weighted by Gasteiger charge is 2.16. The summed E-state index contributed by atoms with van der Waals surface area (Å²) >= 11 is 0. The summed E-state index contributed by atoms with van der Waals surface area (Å²) < 4.78 is 3.74. The van der Waals surface area contributed by atoms with Crippen molar-refractivity contribution in [1.29, 1.82) is 0 Å². The van der Waals surface area contributed by atoms with Gasteiger partial charge in [-0.25, -0.2) is 9.97 Å². The second-order valence-electron chi connectivity index (χ2n) is 4.22. The number of fused-ring (bicyclic) bond motifs is 3. The van der Waals surface area contributed by atoms with Crippen molar-refractivity contribution in [2.45, 2.75) is 13.5 Å². The van der Waals surface area contributed by atoms with E-state index in [9.17, 15) is 4.79 Å². The van der Waals surface area contributed by atoms with Gasteiger partial charge in [-0.1, -0.05) is 0 Å². The predicted octanol–water partition coefficient (Wildman–Crippen LogP) is 1.04. The number of amides is 1. The Morgan fingerprint density at radius 2 is 2.22 bits per heavy atom. The molecule has 0 spiro atoms. The monoisotopic (exact) mass is 243 g/mol. The van der Waals surface area contributed by atoms with E-state index in [0.29, 0.717) is 12.2 Å². The van der Waals surface area contributed by atoms with Gasteiger partial charge in [-0.3, -0.25) is 4.79 Å². The first kappa shape index (κ1) is 10.8. The van der Waals surface area contributed by atoms with Crippen molar-refractivity contribution < 1.29 is 4.79 Å². The van der Waals surface area contributed by atoms with Crippen molar-refractivity contribution in [3.63, 3.8) is 0 Å². The number of hydrogen-bond donors (Lipinski definition) is 1. The lowest BCUT2D eigenvalue weighted by Crippen LogP contribution is -2.16. The summed E-state index contributed by atoms with van der Waals surface area (Å²) in [5.41, 5.74) is 8.43. The highest BCUT2D eigenvalue weighted by atomic mass is 16.1. The van der Waals surface area contributed by atoms with E-state index in [1.807, 2.05) is 23.1 Å². The number of imidazole rings is 1. The Labute approximate surface area is 103 Å². The quantitative estimate of drug-likeness (QED) is 0.730. The molecular formula is C12H13N5O. The van der Waals surface area contributed by atoms with E-state index in [-0.39, 0.29) is 0 Å². The summed E-state index contributed by atoms with van der Waals surface area (Å²) in [7, 11) is 1.92. The molecule has 0 aliphatic heterocycles. The van der Waals surface area contributed by atoms with Gasteiger partial charge in [-0.05, 0) is 13.0 Å². The van der Waals surface area contributed by atoms with Crippen LogP contribution in [0.3, 0.4) is 0 Å². The summed E-state index contributed by atoms with van der Waals surface area (Å²) in [6.45, 7) is 2.61. The molecule has 3 aromatic rings. The van der Waals surface area contributed by atoms with Crippen molar-refractivity contribution in [3.05, 3.63) is 24.3 Å². The average molecular weight is 243 g/mol. The fourth-order valence-corrected chi connectivity index (χ4v) is 2.37. The SMILES string of the molecule is CCn1c(C(N)=O)cc2c3c(cnc21)ncn3C. The number of hydrogen-bond acceptors (Lipinski definition) is 3. The lowest BCUT2D eigenvalue weighted by molar-refractivity contribution is 0.0992. The molecule has 0 aliphatic rings. The van der Waals surface area contributed by atoms with E-state index in [1.165, 1.54) is 0 Å². The standard InChI is InChI=1S/C12H13N5O/c1-3-17-9(11(13)18)4-7-10-8(5-14-12(7)17)15-6-16(10)2/h4-6H,3H2,1-2H3,(H2,13,18). The summed E-state index contributed by atoms with van der Waals surface area (Å²) in [4.78, 5) is 20.1. The van der Waals surface area contributed by atoms with E-state index < -0.39 is 5.91 Å². The molecule has 3 rings (SSSR count). The fraction of sp³-hybridized carbons (Fsp3) is 0.250. The second-order valence-corrected chi connectivity index (χ2v) is 4.22. The molecule has 3 heterocycles. The largest absolute Gasteiger partial charge is 0.364 e. The van der Waals surface area contributed by atoms with E-state index in [4.69, 9.17) is 5.73 Å². The smallest absolute Gasteiger partial charge is 0.265 e. The van der Waals surface area contributed by atoms with Gasteiger partial charge in [0.15, 0.2) is 0 Å². The van der Waals surface area contributed by atoms with Gasteiger partial charge in [0.1, 0.15) is 16.9 Å². The van der Waals surface area contributed by atoms with Crippen LogP contribution in [0.15, 0.2) is 18.6 Å². The van der Waals surface area contributed by atoms with Crippen LogP contribution in [0.1, 0.15) is 17.4 Å². The molecule has 1 amide bonds. The molecule has 0 fully saturated rings. The van der Waals surface area contributed by atoms with Gasteiger partial charge >= 0.3 is 0 Å². The van der Waals surface area contributed by atoms with Crippen LogP contribution in [-0.4, -0.2) is 25.0 Å². The third-order valence-electron chi connectivity index (χ3n) is 3.17. The molecular weight excluding hydrogens is 230 g/mol. The summed E-state index contributed by atoms with van der Waals surface area (Å²) in [5.74, 6) is -0.440. The molecule has 2 N–H and O–H groups in total. The van der Waals surface area contributed by atoms with Crippen molar-refractivity contribution >= 4 is 28.0 Å². The number of aromatic nitrogens is 4. The van der Waals surface area contributed by atoms with Gasteiger partial charge in [0.2, 0.25) is 0 Å². The molecule has 18 heavy (non-hydrogen) atoms. The van der Waals surface area contributed by atoms with Crippen LogP contribution in [0, 0.1) is 0 Å². The fourth-order valence-electron chi connectivity index (χ4n) is 2.37. The number of primary amides is 1. The Morgan fingerprint density at radius 3 is 2.89 bits per heavy atom. The summed E-state index contributed by atoms with van der Waals surface area (Å²) in [6.07, 6.45) is 3.45. The van der Waals surface area contributed by atoms with Crippen molar-refractivity contribution in [1.82, 2.24) is 19.1 Å². The van der Waals surface area contributed by atoms with Crippen molar-refractivity contribution in [2.75, 3.05) is 0 Å². The summed E-state index contributed by atoms with van der Waals surface area (Å²) in [6, 6.07) is 1.79. The normalized spacial score (nSPS) is 11.4. The number of pyridine rings is 1. The molecule has 6 nitrogen and oxygen atoms in total. The molecule has 0 unspecified atom stereocenters.